The van der Waals surface area contributed by atoms with Crippen molar-refractivity contribution < 1.29 is 4.74 Å². The summed E-state index contributed by atoms with van der Waals surface area (Å²) in [7, 11) is 1.68. The van der Waals surface area contributed by atoms with Crippen molar-refractivity contribution in [3.63, 3.8) is 0 Å². The summed E-state index contributed by atoms with van der Waals surface area (Å²) in [4.78, 5) is 4.71. The van der Waals surface area contributed by atoms with Gasteiger partial charge in [-0.15, -0.1) is 0 Å². The Balaban J connectivity index is 1.50. The van der Waals surface area contributed by atoms with E-state index in [2.05, 4.69) is 22.8 Å². The van der Waals surface area contributed by atoms with E-state index in [1.54, 1.807) is 7.11 Å². The Bertz CT molecular complexity index is 1110. The van der Waals surface area contributed by atoms with Crippen LogP contribution in [-0.4, -0.2) is 12.1 Å². The Kier molecular flexibility index (Phi) is 5.47. The number of fused-ring (bicyclic) bond motifs is 1. The Morgan fingerprint density at radius 2 is 1.66 bits per heavy atom. The van der Waals surface area contributed by atoms with Crippen LogP contribution in [0.4, 0.5) is 17.2 Å². The molecule has 0 unspecified atom stereocenters. The third-order valence-corrected chi connectivity index (χ3v) is 4.83. The number of hydrogen-bond acceptors (Lipinski definition) is 5. The van der Waals surface area contributed by atoms with E-state index >= 15 is 0 Å². The lowest BCUT2D eigenvalue weighted by atomic mass is 10.1. The van der Waals surface area contributed by atoms with Crippen LogP contribution in [0.25, 0.3) is 10.9 Å². The van der Waals surface area contributed by atoms with Gasteiger partial charge in [0.25, 0.3) is 0 Å². The van der Waals surface area contributed by atoms with Crippen LogP contribution in [0.15, 0.2) is 78.9 Å². The predicted octanol–water partition coefficient (Wildman–Crippen LogP) is 5.05. The molecule has 4 aromatic rings. The molecule has 4 N–H and O–H groups in total. The lowest BCUT2D eigenvalue weighted by molar-refractivity contribution is 0.410. The van der Waals surface area contributed by atoms with Gasteiger partial charge >= 0.3 is 0 Å². The van der Waals surface area contributed by atoms with Gasteiger partial charge in [0.2, 0.25) is 0 Å². The lowest BCUT2D eigenvalue weighted by Gasteiger charge is -2.12. The van der Waals surface area contributed by atoms with E-state index in [-0.39, 0.29) is 0 Å². The topological polar surface area (TPSA) is 72.2 Å². The van der Waals surface area contributed by atoms with Crippen molar-refractivity contribution in [3.05, 3.63) is 90.0 Å². The number of hydrogen-bond donors (Lipinski definition) is 3. The van der Waals surface area contributed by atoms with Crippen molar-refractivity contribution in [2.24, 2.45) is 0 Å². The van der Waals surface area contributed by atoms with Gasteiger partial charge in [0.15, 0.2) is 0 Å². The van der Waals surface area contributed by atoms with E-state index in [1.807, 2.05) is 66.7 Å². The Morgan fingerprint density at radius 3 is 2.48 bits per heavy atom. The molecular formula is C24H24N4O. The summed E-state index contributed by atoms with van der Waals surface area (Å²) >= 11 is 0. The zero-order valence-corrected chi connectivity index (χ0v) is 16.4. The van der Waals surface area contributed by atoms with Crippen molar-refractivity contribution in [2.45, 2.75) is 13.1 Å². The fourth-order valence-electron chi connectivity index (χ4n) is 3.29. The van der Waals surface area contributed by atoms with E-state index in [0.717, 1.165) is 40.3 Å². The van der Waals surface area contributed by atoms with Crippen molar-refractivity contribution in [2.75, 3.05) is 23.5 Å². The first-order chi connectivity index (χ1) is 14.2. The average molecular weight is 384 g/mol. The van der Waals surface area contributed by atoms with Gasteiger partial charge in [-0.25, -0.2) is 4.98 Å². The van der Waals surface area contributed by atoms with Crippen molar-refractivity contribution in [1.29, 1.82) is 0 Å². The summed E-state index contributed by atoms with van der Waals surface area (Å²) in [6.45, 7) is 1.37. The number of pyridine rings is 1. The first-order valence-electron chi connectivity index (χ1n) is 9.57. The zero-order chi connectivity index (χ0) is 20.1. The maximum Gasteiger partial charge on any atom is 0.128 e. The number of para-hydroxylation sites is 1. The number of nitrogens with one attached hydrogen (secondary N) is 2. The summed E-state index contributed by atoms with van der Waals surface area (Å²) in [6.07, 6.45) is 0. The molecule has 146 valence electrons. The number of nitrogens with zero attached hydrogens (tertiary/aromatic N) is 1. The molecule has 3 aromatic carbocycles. The van der Waals surface area contributed by atoms with Gasteiger partial charge in [-0.2, -0.15) is 0 Å². The fraction of sp³-hybridized carbons (Fsp3) is 0.125. The number of nitrogens with two attached hydrogens (primary N) is 1. The predicted molar refractivity (Wildman–Crippen MR) is 120 cm³/mol. The van der Waals surface area contributed by atoms with Gasteiger partial charge < -0.3 is 21.1 Å². The van der Waals surface area contributed by atoms with Crippen LogP contribution in [0.1, 0.15) is 11.1 Å². The van der Waals surface area contributed by atoms with E-state index in [0.29, 0.717) is 12.2 Å². The molecule has 4 rings (SSSR count). The van der Waals surface area contributed by atoms with Gasteiger partial charge in [0.05, 0.1) is 12.6 Å². The highest BCUT2D eigenvalue weighted by atomic mass is 16.5. The number of rotatable bonds is 7. The van der Waals surface area contributed by atoms with Crippen LogP contribution in [0.3, 0.4) is 0 Å². The largest absolute Gasteiger partial charge is 0.496 e. The molecule has 0 radical (unpaired) electrons. The Hall–Kier alpha value is -3.73. The third-order valence-electron chi connectivity index (χ3n) is 4.83. The normalized spacial score (nSPS) is 10.7. The summed E-state index contributed by atoms with van der Waals surface area (Å²) < 4.78 is 5.40. The Morgan fingerprint density at radius 1 is 0.862 bits per heavy atom. The van der Waals surface area contributed by atoms with E-state index in [1.165, 1.54) is 5.56 Å². The maximum atomic E-state index is 6.33. The number of anilines is 3. The molecule has 0 spiro atoms. The minimum atomic E-state index is 0.610. The SMILES string of the molecule is COc1ccccc1CNc1cc(N)c2cc(NCc3ccccc3)ccc2n1. The van der Waals surface area contributed by atoms with Crippen molar-refractivity contribution in [3.8, 4) is 5.75 Å². The average Bonchev–Trinajstić information content (AvgIpc) is 2.77. The minimum Gasteiger partial charge on any atom is -0.496 e. The second kappa shape index (κ2) is 8.52. The highest BCUT2D eigenvalue weighted by molar-refractivity contribution is 5.94. The molecule has 1 aromatic heterocycles. The van der Waals surface area contributed by atoms with Crippen LogP contribution in [-0.2, 0) is 13.1 Å². The molecule has 1 heterocycles. The van der Waals surface area contributed by atoms with E-state index in [9.17, 15) is 0 Å². The summed E-state index contributed by atoms with van der Waals surface area (Å²) in [5.41, 5.74) is 11.2. The molecule has 5 nitrogen and oxygen atoms in total. The number of nitrogen functional groups attached to an aromatic ring is 1. The highest BCUT2D eigenvalue weighted by Gasteiger charge is 2.07. The standard InChI is InChI=1S/C24H24N4O/c1-29-23-10-6-5-9-18(23)16-27-24-14-21(25)20-13-19(11-12-22(20)28-24)26-15-17-7-3-2-4-8-17/h2-14,26H,15-16H2,1H3,(H3,25,27,28). The molecule has 0 saturated heterocycles. The number of ether oxygens (including phenoxy) is 1. The smallest absolute Gasteiger partial charge is 0.128 e. The van der Waals surface area contributed by atoms with Gasteiger partial charge in [0, 0.05) is 41.5 Å². The molecule has 5 heteroatoms. The van der Waals surface area contributed by atoms with Crippen LogP contribution in [0.2, 0.25) is 0 Å². The molecule has 29 heavy (non-hydrogen) atoms. The summed E-state index contributed by atoms with van der Waals surface area (Å²) in [6, 6.07) is 26.2. The van der Waals surface area contributed by atoms with E-state index in [4.69, 9.17) is 15.5 Å². The van der Waals surface area contributed by atoms with Crippen molar-refractivity contribution in [1.82, 2.24) is 4.98 Å². The summed E-state index contributed by atoms with van der Waals surface area (Å²) in [5.74, 6) is 1.59. The Labute approximate surface area is 170 Å². The molecular weight excluding hydrogens is 360 g/mol. The fourth-order valence-corrected chi connectivity index (χ4v) is 3.29. The molecule has 0 bridgehead atoms. The molecule has 0 atom stereocenters. The second-order valence-electron chi connectivity index (χ2n) is 6.83. The first-order valence-corrected chi connectivity index (χ1v) is 9.57. The van der Waals surface area contributed by atoms with Crippen molar-refractivity contribution >= 4 is 28.1 Å². The van der Waals surface area contributed by atoms with Gasteiger partial charge in [-0.1, -0.05) is 48.5 Å². The number of methoxy groups -OCH3 is 1. The monoisotopic (exact) mass is 384 g/mol. The van der Waals surface area contributed by atoms with Crippen LogP contribution in [0.5, 0.6) is 5.75 Å². The zero-order valence-electron chi connectivity index (χ0n) is 16.4. The van der Waals surface area contributed by atoms with Gasteiger partial charge in [-0.3, -0.25) is 0 Å². The number of benzene rings is 3. The minimum absolute atomic E-state index is 0.610. The maximum absolute atomic E-state index is 6.33. The molecule has 0 aliphatic heterocycles. The quantitative estimate of drug-likeness (QED) is 0.416. The highest BCUT2D eigenvalue weighted by Crippen LogP contribution is 2.27. The molecule has 0 aliphatic carbocycles. The molecule has 0 saturated carbocycles. The molecule has 0 amide bonds. The summed E-state index contributed by atoms with van der Waals surface area (Å²) in [5, 5.41) is 7.72. The van der Waals surface area contributed by atoms with Crippen LogP contribution in [0, 0.1) is 0 Å². The molecule has 0 aliphatic rings. The van der Waals surface area contributed by atoms with Crippen LogP contribution >= 0.6 is 0 Å². The number of aromatic nitrogens is 1. The third kappa shape index (κ3) is 4.41. The molecule has 0 fully saturated rings. The first kappa shape index (κ1) is 18.6. The van der Waals surface area contributed by atoms with Gasteiger partial charge in [-0.05, 0) is 29.8 Å². The van der Waals surface area contributed by atoms with E-state index < -0.39 is 0 Å². The van der Waals surface area contributed by atoms with Gasteiger partial charge in [0.1, 0.15) is 11.6 Å². The lowest BCUT2D eigenvalue weighted by Crippen LogP contribution is -2.04. The van der Waals surface area contributed by atoms with Crippen LogP contribution < -0.4 is 21.1 Å². The second-order valence-corrected chi connectivity index (χ2v) is 6.83.